The van der Waals surface area contributed by atoms with Crippen LogP contribution in [0.1, 0.15) is 23.8 Å². The predicted molar refractivity (Wildman–Crippen MR) is 122 cm³/mol. The van der Waals surface area contributed by atoms with Gasteiger partial charge < -0.3 is 19.4 Å². The van der Waals surface area contributed by atoms with Crippen molar-refractivity contribution in [3.63, 3.8) is 0 Å². The molecule has 9 heteroatoms. The van der Waals surface area contributed by atoms with Crippen LogP contribution in [0, 0.1) is 6.92 Å². The van der Waals surface area contributed by atoms with E-state index in [1.54, 1.807) is 0 Å². The lowest BCUT2D eigenvalue weighted by Gasteiger charge is -2.28. The molecule has 0 radical (unpaired) electrons. The molecule has 3 aromatic rings. The number of anilines is 2. The second-order valence-electron chi connectivity index (χ2n) is 7.08. The van der Waals surface area contributed by atoms with E-state index in [4.69, 9.17) is 9.15 Å². The number of ether oxygens (including phenoxy) is 1. The van der Waals surface area contributed by atoms with E-state index in [9.17, 15) is 4.79 Å². The maximum absolute atomic E-state index is 12.2. The van der Waals surface area contributed by atoms with Crippen molar-refractivity contribution in [1.82, 2.24) is 15.2 Å². The van der Waals surface area contributed by atoms with E-state index in [2.05, 4.69) is 25.4 Å². The van der Waals surface area contributed by atoms with E-state index in [1.807, 2.05) is 55.5 Å². The zero-order valence-electron chi connectivity index (χ0n) is 17.3. The van der Waals surface area contributed by atoms with E-state index in [-0.39, 0.29) is 5.91 Å². The minimum Gasteiger partial charge on any atom is -0.462 e. The molecule has 1 saturated heterocycles. The van der Waals surface area contributed by atoms with Crippen molar-refractivity contribution in [3.05, 3.63) is 53.7 Å². The van der Waals surface area contributed by atoms with Crippen LogP contribution in [-0.2, 0) is 9.53 Å². The Morgan fingerprint density at radius 3 is 2.74 bits per heavy atom. The molecule has 1 fully saturated rings. The highest BCUT2D eigenvalue weighted by atomic mass is 32.2. The fraction of sp³-hybridized carbons (Fsp3) is 0.318. The summed E-state index contributed by atoms with van der Waals surface area (Å²) in [5.41, 5.74) is 1.94. The highest BCUT2D eigenvalue weighted by Crippen LogP contribution is 2.20. The predicted octanol–water partition coefficient (Wildman–Crippen LogP) is 3.83. The molecule has 1 aromatic carbocycles. The molecule has 2 N–H and O–H groups in total. The van der Waals surface area contributed by atoms with Crippen molar-refractivity contribution in [2.24, 2.45) is 0 Å². The van der Waals surface area contributed by atoms with Gasteiger partial charge in [0.05, 0.1) is 13.2 Å². The molecule has 31 heavy (non-hydrogen) atoms. The largest absolute Gasteiger partial charge is 0.462 e. The Bertz CT molecular complexity index is 1020. The van der Waals surface area contributed by atoms with Crippen LogP contribution in [0.3, 0.4) is 0 Å². The third-order valence-corrected chi connectivity index (χ3v) is 5.59. The van der Waals surface area contributed by atoms with Gasteiger partial charge in [-0.1, -0.05) is 11.8 Å². The van der Waals surface area contributed by atoms with Gasteiger partial charge >= 0.3 is 0 Å². The summed E-state index contributed by atoms with van der Waals surface area (Å²) in [6.45, 7) is 5.19. The lowest BCUT2D eigenvalue weighted by molar-refractivity contribution is -0.115. The smallest absolute Gasteiger partial charge is 0.225 e. The first-order valence-corrected chi connectivity index (χ1v) is 11.2. The molecule has 4 rings (SSSR count). The number of carbonyl (C=O) groups excluding carboxylic acids is 1. The molecule has 162 valence electrons. The Labute approximate surface area is 185 Å². The quantitative estimate of drug-likeness (QED) is 0.515. The molecule has 2 aromatic heterocycles. The maximum atomic E-state index is 12.2. The van der Waals surface area contributed by atoms with Gasteiger partial charge in [0.2, 0.25) is 11.1 Å². The Kier molecular flexibility index (Phi) is 7.06. The number of aryl methyl sites for hydroxylation is 1. The molecule has 0 saturated carbocycles. The first kappa shape index (κ1) is 21.2. The average Bonchev–Trinajstić information content (AvgIpc) is 3.42. The van der Waals surface area contributed by atoms with Crippen LogP contribution in [0.4, 0.5) is 11.4 Å². The molecule has 8 nitrogen and oxygen atoms in total. The number of aromatic amines is 1. The summed E-state index contributed by atoms with van der Waals surface area (Å²) in [6.07, 6.45) is 4.02. The van der Waals surface area contributed by atoms with Gasteiger partial charge in [-0.3, -0.25) is 9.89 Å². The van der Waals surface area contributed by atoms with Gasteiger partial charge in [-0.15, -0.1) is 5.10 Å². The highest BCUT2D eigenvalue weighted by Gasteiger charge is 2.11. The van der Waals surface area contributed by atoms with Crippen molar-refractivity contribution >= 4 is 41.2 Å². The van der Waals surface area contributed by atoms with Gasteiger partial charge in [0.15, 0.2) is 0 Å². The number of hydrogen-bond donors (Lipinski definition) is 2. The fourth-order valence-corrected chi connectivity index (χ4v) is 3.88. The zero-order chi connectivity index (χ0) is 21.5. The Morgan fingerprint density at radius 1 is 1.19 bits per heavy atom. The fourth-order valence-electron chi connectivity index (χ4n) is 3.14. The molecule has 1 aliphatic heterocycles. The molecule has 1 aliphatic rings. The first-order chi connectivity index (χ1) is 15.2. The van der Waals surface area contributed by atoms with Crippen LogP contribution < -0.4 is 10.2 Å². The number of benzene rings is 1. The Balaban J connectivity index is 1.20. The average molecular weight is 440 g/mol. The van der Waals surface area contributed by atoms with E-state index >= 15 is 0 Å². The molecule has 0 atom stereocenters. The number of nitrogens with one attached hydrogen (secondary N) is 2. The van der Waals surface area contributed by atoms with E-state index < -0.39 is 0 Å². The summed E-state index contributed by atoms with van der Waals surface area (Å²) in [4.78, 5) is 18.9. The molecule has 0 bridgehead atoms. The second kappa shape index (κ2) is 10.3. The maximum Gasteiger partial charge on any atom is 0.225 e. The van der Waals surface area contributed by atoms with Crippen LogP contribution >= 0.6 is 11.8 Å². The van der Waals surface area contributed by atoms with Crippen molar-refractivity contribution in [2.45, 2.75) is 18.5 Å². The molecule has 0 unspecified atom stereocenters. The van der Waals surface area contributed by atoms with Crippen LogP contribution in [-0.4, -0.2) is 53.1 Å². The SMILES string of the molecule is Cc1ccc(/C=C/c2nc(SCCC(=O)Nc3ccc(N4CCOCC4)cc3)n[nH]2)o1. The monoisotopic (exact) mass is 439 g/mol. The van der Waals surface area contributed by atoms with Gasteiger partial charge in [0, 0.05) is 36.6 Å². The number of furan rings is 1. The lowest BCUT2D eigenvalue weighted by Crippen LogP contribution is -2.36. The number of nitrogens with zero attached hydrogens (tertiary/aromatic N) is 3. The summed E-state index contributed by atoms with van der Waals surface area (Å²) in [5.74, 6) is 2.82. The van der Waals surface area contributed by atoms with Crippen molar-refractivity contribution in [2.75, 3.05) is 42.3 Å². The number of hydrogen-bond acceptors (Lipinski definition) is 7. The topological polar surface area (TPSA) is 96.3 Å². The summed E-state index contributed by atoms with van der Waals surface area (Å²) in [5, 5.41) is 10.6. The number of carbonyl (C=O) groups is 1. The summed E-state index contributed by atoms with van der Waals surface area (Å²) >= 11 is 1.44. The van der Waals surface area contributed by atoms with Gasteiger partial charge in [0.1, 0.15) is 17.3 Å². The van der Waals surface area contributed by atoms with Crippen molar-refractivity contribution in [3.8, 4) is 0 Å². The normalized spacial score (nSPS) is 14.3. The number of aromatic nitrogens is 3. The lowest BCUT2D eigenvalue weighted by atomic mass is 10.2. The third kappa shape index (κ3) is 6.22. The summed E-state index contributed by atoms with van der Waals surface area (Å²) in [6, 6.07) is 11.7. The van der Waals surface area contributed by atoms with Gasteiger partial charge in [-0.05, 0) is 55.5 Å². The molecular weight excluding hydrogens is 414 g/mol. The first-order valence-electron chi connectivity index (χ1n) is 10.2. The van der Waals surface area contributed by atoms with Crippen LogP contribution in [0.15, 0.2) is 46.0 Å². The highest BCUT2D eigenvalue weighted by molar-refractivity contribution is 7.99. The number of amides is 1. The number of morpholine rings is 1. The Hall–Kier alpha value is -3.04. The summed E-state index contributed by atoms with van der Waals surface area (Å²) in [7, 11) is 0. The zero-order valence-corrected chi connectivity index (χ0v) is 18.2. The number of rotatable bonds is 8. The molecule has 3 heterocycles. The minimum absolute atomic E-state index is 0.0320. The molecule has 1 amide bonds. The molecule has 0 spiro atoms. The Morgan fingerprint density at radius 2 is 2.00 bits per heavy atom. The third-order valence-electron chi connectivity index (χ3n) is 4.74. The van der Waals surface area contributed by atoms with Gasteiger partial charge in [-0.25, -0.2) is 4.98 Å². The van der Waals surface area contributed by atoms with E-state index in [0.717, 1.165) is 49.2 Å². The van der Waals surface area contributed by atoms with E-state index in [1.165, 1.54) is 11.8 Å². The van der Waals surface area contributed by atoms with Crippen LogP contribution in [0.5, 0.6) is 0 Å². The van der Waals surface area contributed by atoms with E-state index in [0.29, 0.717) is 23.2 Å². The number of thioether (sulfide) groups is 1. The van der Waals surface area contributed by atoms with Crippen molar-refractivity contribution < 1.29 is 13.9 Å². The molecule has 0 aliphatic carbocycles. The second-order valence-corrected chi connectivity index (χ2v) is 8.14. The minimum atomic E-state index is -0.0320. The standard InChI is InChI=1S/C22H25N5O3S/c1-16-2-7-19(30-16)8-9-20-24-22(26-25-20)31-15-10-21(28)23-17-3-5-18(6-4-17)27-11-13-29-14-12-27/h2-9H,10-15H2,1H3,(H,23,28)(H,24,25,26)/b9-8+. The molecular formula is C22H25N5O3S. The van der Waals surface area contributed by atoms with Gasteiger partial charge in [0.25, 0.3) is 0 Å². The van der Waals surface area contributed by atoms with Crippen LogP contribution in [0.2, 0.25) is 0 Å². The van der Waals surface area contributed by atoms with Crippen molar-refractivity contribution in [1.29, 1.82) is 0 Å². The van der Waals surface area contributed by atoms with Crippen LogP contribution in [0.25, 0.3) is 12.2 Å². The summed E-state index contributed by atoms with van der Waals surface area (Å²) < 4.78 is 10.9. The number of H-pyrrole nitrogens is 1. The van der Waals surface area contributed by atoms with Gasteiger partial charge in [-0.2, -0.15) is 0 Å².